The van der Waals surface area contributed by atoms with Gasteiger partial charge in [-0.2, -0.15) is 5.10 Å². The highest BCUT2D eigenvalue weighted by Crippen LogP contribution is 2.17. The first-order valence-electron chi connectivity index (χ1n) is 7.42. The van der Waals surface area contributed by atoms with Gasteiger partial charge in [0.15, 0.2) is 9.84 Å². The molecule has 7 nitrogen and oxygen atoms in total. The van der Waals surface area contributed by atoms with E-state index in [0.717, 1.165) is 5.56 Å². The lowest BCUT2D eigenvalue weighted by Gasteiger charge is -2.10. The van der Waals surface area contributed by atoms with Crippen LogP contribution in [0.4, 0.5) is 0 Å². The minimum atomic E-state index is -2.90. The Labute approximate surface area is 134 Å². The number of aromatic nitrogens is 3. The van der Waals surface area contributed by atoms with Gasteiger partial charge in [0.2, 0.25) is 0 Å². The molecule has 0 saturated carbocycles. The molecule has 0 radical (unpaired) electrons. The second kappa shape index (κ2) is 6.49. The molecule has 122 valence electrons. The number of carbonyl (C=O) groups is 1. The largest absolute Gasteiger partial charge is 0.352 e. The molecule has 0 bridgehead atoms. The molecule has 1 amide bonds. The number of benzene rings is 1. The summed E-state index contributed by atoms with van der Waals surface area (Å²) in [5.41, 5.74) is 1.59. The molecule has 1 aromatic heterocycles. The number of amides is 1. The Hall–Kier alpha value is -2.22. The van der Waals surface area contributed by atoms with Crippen LogP contribution in [0.25, 0.3) is 0 Å². The van der Waals surface area contributed by atoms with Gasteiger partial charge in [-0.25, -0.2) is 18.1 Å². The zero-order valence-electron chi connectivity index (χ0n) is 12.6. The molecule has 2 aromatic rings. The van der Waals surface area contributed by atoms with Crippen molar-refractivity contribution in [3.05, 3.63) is 48.0 Å². The average molecular weight is 334 g/mol. The highest BCUT2D eigenvalue weighted by Gasteiger charge is 2.27. The van der Waals surface area contributed by atoms with E-state index >= 15 is 0 Å². The molecule has 0 spiro atoms. The number of nitrogens with zero attached hydrogens (tertiary/aromatic N) is 3. The maximum Gasteiger partial charge on any atom is 0.251 e. The van der Waals surface area contributed by atoms with Crippen LogP contribution in [0, 0.1) is 5.92 Å². The first-order valence-corrected chi connectivity index (χ1v) is 9.24. The predicted molar refractivity (Wildman–Crippen MR) is 84.7 cm³/mol. The van der Waals surface area contributed by atoms with Gasteiger partial charge in [-0.3, -0.25) is 4.79 Å². The normalized spacial score (nSPS) is 19.6. The smallest absolute Gasteiger partial charge is 0.251 e. The molecule has 2 heterocycles. The van der Waals surface area contributed by atoms with Crippen molar-refractivity contribution in [2.45, 2.75) is 13.0 Å². The summed E-state index contributed by atoms with van der Waals surface area (Å²) in [7, 11) is -2.90. The molecule has 1 atom stereocenters. The Kier molecular flexibility index (Phi) is 4.42. The Morgan fingerprint density at radius 1 is 1.30 bits per heavy atom. The fourth-order valence-electron chi connectivity index (χ4n) is 2.64. The third-order valence-electron chi connectivity index (χ3n) is 3.91. The molecule has 3 rings (SSSR count). The zero-order chi connectivity index (χ0) is 16.3. The quantitative estimate of drug-likeness (QED) is 0.859. The molecular formula is C15H18N4O3S. The fourth-order valence-corrected chi connectivity index (χ4v) is 4.50. The van der Waals surface area contributed by atoms with Crippen LogP contribution in [-0.2, 0) is 16.4 Å². The highest BCUT2D eigenvalue weighted by molar-refractivity contribution is 7.91. The van der Waals surface area contributed by atoms with E-state index in [9.17, 15) is 13.2 Å². The van der Waals surface area contributed by atoms with Crippen LogP contribution in [0.15, 0.2) is 36.9 Å². The van der Waals surface area contributed by atoms with Crippen molar-refractivity contribution in [3.63, 3.8) is 0 Å². The van der Waals surface area contributed by atoms with Gasteiger partial charge in [-0.15, -0.1) is 0 Å². The zero-order valence-corrected chi connectivity index (χ0v) is 13.4. The van der Waals surface area contributed by atoms with Crippen LogP contribution < -0.4 is 5.32 Å². The molecule has 0 aliphatic carbocycles. The van der Waals surface area contributed by atoms with Gasteiger partial charge in [0, 0.05) is 12.1 Å². The van der Waals surface area contributed by atoms with Crippen molar-refractivity contribution in [3.8, 4) is 0 Å². The van der Waals surface area contributed by atoms with Crippen molar-refractivity contribution in [1.82, 2.24) is 20.1 Å². The van der Waals surface area contributed by atoms with E-state index in [4.69, 9.17) is 0 Å². The number of rotatable bonds is 5. The van der Waals surface area contributed by atoms with E-state index in [1.807, 2.05) is 12.1 Å². The first kappa shape index (κ1) is 15.7. The lowest BCUT2D eigenvalue weighted by molar-refractivity contribution is 0.0948. The van der Waals surface area contributed by atoms with E-state index in [2.05, 4.69) is 15.4 Å². The lowest BCUT2D eigenvalue weighted by Crippen LogP contribution is -2.29. The molecular weight excluding hydrogens is 316 g/mol. The first-order chi connectivity index (χ1) is 11.0. The summed E-state index contributed by atoms with van der Waals surface area (Å²) in [5.74, 6) is 0.242. The average Bonchev–Trinajstić information content (AvgIpc) is 3.15. The summed E-state index contributed by atoms with van der Waals surface area (Å²) in [4.78, 5) is 16.0. The van der Waals surface area contributed by atoms with E-state index in [0.29, 0.717) is 25.1 Å². The highest BCUT2D eigenvalue weighted by atomic mass is 32.2. The number of sulfone groups is 1. The molecule has 1 fully saturated rings. The van der Waals surface area contributed by atoms with Crippen LogP contribution in [-0.4, -0.2) is 47.1 Å². The Morgan fingerprint density at radius 3 is 2.70 bits per heavy atom. The summed E-state index contributed by atoms with van der Waals surface area (Å²) in [6, 6.07) is 7.26. The maximum atomic E-state index is 12.1. The number of hydrogen-bond acceptors (Lipinski definition) is 5. The molecule has 0 unspecified atom stereocenters. The van der Waals surface area contributed by atoms with Gasteiger partial charge in [-0.1, -0.05) is 12.1 Å². The Morgan fingerprint density at radius 2 is 2.09 bits per heavy atom. The van der Waals surface area contributed by atoms with Gasteiger partial charge in [0.25, 0.3) is 5.91 Å². The SMILES string of the molecule is O=C(NC[C@H]1CCS(=O)(=O)C1)c1ccc(Cn2cncn2)cc1. The van der Waals surface area contributed by atoms with Gasteiger partial charge in [0.1, 0.15) is 12.7 Å². The Balaban J connectivity index is 1.53. The third-order valence-corrected chi connectivity index (χ3v) is 5.74. The van der Waals surface area contributed by atoms with Crippen molar-refractivity contribution in [2.75, 3.05) is 18.1 Å². The minimum absolute atomic E-state index is 0.0236. The van der Waals surface area contributed by atoms with Crippen molar-refractivity contribution in [1.29, 1.82) is 0 Å². The number of carbonyl (C=O) groups excluding carboxylic acids is 1. The number of hydrogen-bond donors (Lipinski definition) is 1. The van der Waals surface area contributed by atoms with Gasteiger partial charge < -0.3 is 5.32 Å². The lowest BCUT2D eigenvalue weighted by atomic mass is 10.1. The minimum Gasteiger partial charge on any atom is -0.352 e. The van der Waals surface area contributed by atoms with Crippen LogP contribution in [0.1, 0.15) is 22.3 Å². The second-order valence-electron chi connectivity index (χ2n) is 5.77. The van der Waals surface area contributed by atoms with Gasteiger partial charge in [-0.05, 0) is 30.0 Å². The maximum absolute atomic E-state index is 12.1. The molecule has 1 N–H and O–H groups in total. The van der Waals surface area contributed by atoms with Gasteiger partial charge >= 0.3 is 0 Å². The second-order valence-corrected chi connectivity index (χ2v) is 8.00. The fraction of sp³-hybridized carbons (Fsp3) is 0.400. The summed E-state index contributed by atoms with van der Waals surface area (Å²) < 4.78 is 24.5. The monoisotopic (exact) mass is 334 g/mol. The van der Waals surface area contributed by atoms with Crippen LogP contribution in [0.5, 0.6) is 0 Å². The Bertz CT molecular complexity index is 770. The molecule has 1 aliphatic heterocycles. The van der Waals surface area contributed by atoms with Crippen molar-refractivity contribution >= 4 is 15.7 Å². The summed E-state index contributed by atoms with van der Waals surface area (Å²) >= 11 is 0. The molecule has 1 aromatic carbocycles. The summed E-state index contributed by atoms with van der Waals surface area (Å²) in [6.07, 6.45) is 3.74. The van der Waals surface area contributed by atoms with E-state index < -0.39 is 9.84 Å². The van der Waals surface area contributed by atoms with Gasteiger partial charge in [0.05, 0.1) is 18.1 Å². The van der Waals surface area contributed by atoms with Crippen LogP contribution in [0.3, 0.4) is 0 Å². The molecule has 8 heteroatoms. The summed E-state index contributed by atoms with van der Waals surface area (Å²) in [6.45, 7) is 1.00. The summed E-state index contributed by atoms with van der Waals surface area (Å²) in [5, 5.41) is 6.84. The van der Waals surface area contributed by atoms with E-state index in [1.165, 1.54) is 6.33 Å². The van der Waals surface area contributed by atoms with Crippen molar-refractivity contribution in [2.24, 2.45) is 5.92 Å². The van der Waals surface area contributed by atoms with E-state index in [-0.39, 0.29) is 23.3 Å². The molecule has 1 aliphatic rings. The predicted octanol–water partition coefficient (Wildman–Crippen LogP) is 0.491. The van der Waals surface area contributed by atoms with Crippen LogP contribution >= 0.6 is 0 Å². The van der Waals surface area contributed by atoms with Crippen molar-refractivity contribution < 1.29 is 13.2 Å². The third kappa shape index (κ3) is 4.16. The van der Waals surface area contributed by atoms with E-state index in [1.54, 1.807) is 23.1 Å². The molecule has 1 saturated heterocycles. The van der Waals surface area contributed by atoms with Crippen LogP contribution in [0.2, 0.25) is 0 Å². The standard InChI is InChI=1S/C15H18N4O3S/c20-15(17-7-13-5-6-23(21,22)9-13)14-3-1-12(2-4-14)8-19-11-16-10-18-19/h1-4,10-11,13H,5-9H2,(H,17,20)/t13-/m1/s1. The topological polar surface area (TPSA) is 94.0 Å². The molecule has 23 heavy (non-hydrogen) atoms. The number of nitrogens with one attached hydrogen (secondary N) is 1.